The predicted molar refractivity (Wildman–Crippen MR) is 77.7 cm³/mol. The molecule has 1 aromatic carbocycles. The monoisotopic (exact) mass is 324 g/mol. The summed E-state index contributed by atoms with van der Waals surface area (Å²) in [6.07, 6.45) is 1.93. The second-order valence-electron chi connectivity index (χ2n) is 5.84. The molecule has 0 N–H and O–H groups in total. The van der Waals surface area contributed by atoms with E-state index < -0.39 is 11.6 Å². The maximum atomic E-state index is 13.4. The summed E-state index contributed by atoms with van der Waals surface area (Å²) in [6, 6.07) is 2.94. The molecule has 0 aromatic heterocycles. The highest BCUT2D eigenvalue weighted by Gasteiger charge is 2.35. The van der Waals surface area contributed by atoms with Crippen LogP contribution in [0.3, 0.4) is 0 Å². The summed E-state index contributed by atoms with van der Waals surface area (Å²) in [5, 5.41) is 0. The van der Waals surface area contributed by atoms with Crippen molar-refractivity contribution in [2.45, 2.75) is 12.8 Å². The van der Waals surface area contributed by atoms with Gasteiger partial charge in [-0.05, 0) is 25.0 Å². The smallest absolute Gasteiger partial charge is 0.260 e. The number of hydrogen-bond acceptors (Lipinski definition) is 3. The van der Waals surface area contributed by atoms with Gasteiger partial charge < -0.3 is 14.5 Å². The first-order valence-electron chi connectivity index (χ1n) is 7.69. The highest BCUT2D eigenvalue weighted by molar-refractivity contribution is 5.82. The summed E-state index contributed by atoms with van der Waals surface area (Å²) in [5.74, 6) is -1.59. The molecule has 0 radical (unpaired) electrons. The highest BCUT2D eigenvalue weighted by Crippen LogP contribution is 2.31. The molecule has 0 bridgehead atoms. The van der Waals surface area contributed by atoms with Gasteiger partial charge in [-0.15, -0.1) is 0 Å². The van der Waals surface area contributed by atoms with Crippen LogP contribution in [0, 0.1) is 17.6 Å². The van der Waals surface area contributed by atoms with Crippen molar-refractivity contribution in [3.8, 4) is 5.75 Å². The number of carbonyl (C=O) groups excluding carboxylic acids is 2. The maximum absolute atomic E-state index is 13.4. The standard InChI is InChI=1S/C16H18F2N2O3/c17-12-3-4-14(13(18)9-12)23-10-15(21)19-5-7-20(8-6-19)16(22)11-1-2-11/h3-4,9,11H,1-2,5-8,10H2. The molecule has 124 valence electrons. The van der Waals surface area contributed by atoms with E-state index in [4.69, 9.17) is 4.74 Å². The molecule has 2 aliphatic rings. The van der Waals surface area contributed by atoms with Crippen molar-refractivity contribution in [2.75, 3.05) is 32.8 Å². The SMILES string of the molecule is O=C(COc1ccc(F)cc1F)N1CCN(C(=O)C2CC2)CC1. The fourth-order valence-electron chi connectivity index (χ4n) is 2.59. The van der Waals surface area contributed by atoms with Crippen LogP contribution < -0.4 is 4.74 Å². The third-order valence-electron chi connectivity index (χ3n) is 4.12. The van der Waals surface area contributed by atoms with Crippen molar-refractivity contribution in [1.82, 2.24) is 9.80 Å². The molecule has 23 heavy (non-hydrogen) atoms. The molecular formula is C16H18F2N2O3. The zero-order chi connectivity index (χ0) is 16.4. The Morgan fingerprint density at radius 1 is 1.09 bits per heavy atom. The first kappa shape index (κ1) is 15.7. The van der Waals surface area contributed by atoms with Gasteiger partial charge in [-0.3, -0.25) is 9.59 Å². The second-order valence-corrected chi connectivity index (χ2v) is 5.84. The van der Waals surface area contributed by atoms with E-state index in [0.29, 0.717) is 32.2 Å². The largest absolute Gasteiger partial charge is 0.481 e. The van der Waals surface area contributed by atoms with E-state index in [1.54, 1.807) is 9.80 Å². The number of piperazine rings is 1. The second kappa shape index (κ2) is 6.52. The van der Waals surface area contributed by atoms with Gasteiger partial charge in [-0.25, -0.2) is 8.78 Å². The number of carbonyl (C=O) groups is 2. The summed E-state index contributed by atoms with van der Waals surface area (Å²) in [4.78, 5) is 27.4. The van der Waals surface area contributed by atoms with Gasteiger partial charge in [0.2, 0.25) is 5.91 Å². The predicted octanol–water partition coefficient (Wildman–Crippen LogP) is 1.42. The molecule has 0 unspecified atom stereocenters. The van der Waals surface area contributed by atoms with Crippen molar-refractivity contribution < 1.29 is 23.1 Å². The molecule has 1 aromatic rings. The molecule has 7 heteroatoms. The normalized spacial score (nSPS) is 18.0. The van der Waals surface area contributed by atoms with E-state index in [1.165, 1.54) is 0 Å². The van der Waals surface area contributed by atoms with Gasteiger partial charge in [0.25, 0.3) is 5.91 Å². The van der Waals surface area contributed by atoms with Gasteiger partial charge in [0.05, 0.1) is 0 Å². The third kappa shape index (κ3) is 3.78. The van der Waals surface area contributed by atoms with Crippen molar-refractivity contribution in [2.24, 2.45) is 5.92 Å². The van der Waals surface area contributed by atoms with Crippen LogP contribution in [0.2, 0.25) is 0 Å². The van der Waals surface area contributed by atoms with Crippen LogP contribution in [-0.4, -0.2) is 54.4 Å². The molecule has 1 saturated carbocycles. The van der Waals surface area contributed by atoms with Crippen LogP contribution in [0.4, 0.5) is 8.78 Å². The Hall–Kier alpha value is -2.18. The average molecular weight is 324 g/mol. The average Bonchev–Trinajstić information content (AvgIpc) is 3.38. The van der Waals surface area contributed by atoms with Gasteiger partial charge in [-0.1, -0.05) is 0 Å². The number of hydrogen-bond donors (Lipinski definition) is 0. The highest BCUT2D eigenvalue weighted by atomic mass is 19.1. The summed E-state index contributed by atoms with van der Waals surface area (Å²) >= 11 is 0. The van der Waals surface area contributed by atoms with Crippen molar-refractivity contribution >= 4 is 11.8 Å². The number of ether oxygens (including phenoxy) is 1. The Morgan fingerprint density at radius 2 is 1.74 bits per heavy atom. The van der Waals surface area contributed by atoms with E-state index in [9.17, 15) is 18.4 Å². The molecular weight excluding hydrogens is 306 g/mol. The Labute approximate surface area is 132 Å². The number of rotatable bonds is 4. The van der Waals surface area contributed by atoms with Gasteiger partial charge >= 0.3 is 0 Å². The van der Waals surface area contributed by atoms with E-state index in [-0.39, 0.29) is 30.1 Å². The lowest BCUT2D eigenvalue weighted by molar-refractivity contribution is -0.141. The zero-order valence-electron chi connectivity index (χ0n) is 12.6. The van der Waals surface area contributed by atoms with Gasteiger partial charge in [-0.2, -0.15) is 0 Å². The third-order valence-corrected chi connectivity index (χ3v) is 4.12. The molecule has 1 heterocycles. The minimum atomic E-state index is -0.836. The van der Waals surface area contributed by atoms with Crippen LogP contribution in [0.5, 0.6) is 5.75 Å². The van der Waals surface area contributed by atoms with Crippen LogP contribution >= 0.6 is 0 Å². The topological polar surface area (TPSA) is 49.9 Å². The van der Waals surface area contributed by atoms with Crippen molar-refractivity contribution in [3.05, 3.63) is 29.8 Å². The van der Waals surface area contributed by atoms with Gasteiger partial charge in [0, 0.05) is 38.2 Å². The number of halogens is 2. The molecule has 2 amide bonds. The van der Waals surface area contributed by atoms with E-state index in [0.717, 1.165) is 25.0 Å². The number of benzene rings is 1. The fraction of sp³-hybridized carbons (Fsp3) is 0.500. The molecule has 0 spiro atoms. The van der Waals surface area contributed by atoms with Crippen LogP contribution in [0.1, 0.15) is 12.8 Å². The minimum Gasteiger partial charge on any atom is -0.481 e. The van der Waals surface area contributed by atoms with Crippen LogP contribution in [-0.2, 0) is 9.59 Å². The molecule has 1 saturated heterocycles. The Bertz CT molecular complexity index is 611. The molecule has 1 aliphatic carbocycles. The lowest BCUT2D eigenvalue weighted by atomic mass is 10.2. The Morgan fingerprint density at radius 3 is 2.35 bits per heavy atom. The number of amides is 2. The van der Waals surface area contributed by atoms with Crippen LogP contribution in [0.25, 0.3) is 0 Å². The molecule has 3 rings (SSSR count). The lowest BCUT2D eigenvalue weighted by Crippen LogP contribution is -2.52. The maximum Gasteiger partial charge on any atom is 0.260 e. The van der Waals surface area contributed by atoms with E-state index >= 15 is 0 Å². The molecule has 5 nitrogen and oxygen atoms in total. The summed E-state index contributed by atoms with van der Waals surface area (Å²) < 4.78 is 31.3. The Balaban J connectivity index is 1.46. The van der Waals surface area contributed by atoms with Gasteiger partial charge in [0.15, 0.2) is 18.2 Å². The minimum absolute atomic E-state index is 0.151. The van der Waals surface area contributed by atoms with Gasteiger partial charge in [0.1, 0.15) is 5.82 Å². The van der Waals surface area contributed by atoms with E-state index in [2.05, 4.69) is 0 Å². The Kier molecular flexibility index (Phi) is 4.45. The van der Waals surface area contributed by atoms with E-state index in [1.807, 2.05) is 0 Å². The summed E-state index contributed by atoms with van der Waals surface area (Å²) in [6.45, 7) is 1.64. The lowest BCUT2D eigenvalue weighted by Gasteiger charge is -2.34. The number of nitrogens with zero attached hydrogens (tertiary/aromatic N) is 2. The molecule has 2 fully saturated rings. The quantitative estimate of drug-likeness (QED) is 0.842. The summed E-state index contributed by atoms with van der Waals surface area (Å²) in [5.41, 5.74) is 0. The fourth-order valence-corrected chi connectivity index (χ4v) is 2.59. The molecule has 0 atom stereocenters. The zero-order valence-corrected chi connectivity index (χ0v) is 12.6. The summed E-state index contributed by atoms with van der Waals surface area (Å²) in [7, 11) is 0. The van der Waals surface area contributed by atoms with Crippen LogP contribution in [0.15, 0.2) is 18.2 Å². The first-order valence-corrected chi connectivity index (χ1v) is 7.69. The van der Waals surface area contributed by atoms with Crippen molar-refractivity contribution in [3.63, 3.8) is 0 Å². The first-order chi connectivity index (χ1) is 11.0. The van der Waals surface area contributed by atoms with Crippen molar-refractivity contribution in [1.29, 1.82) is 0 Å². The molecule has 1 aliphatic heterocycles.